The van der Waals surface area contributed by atoms with Crippen LogP contribution in [0.1, 0.15) is 29.6 Å². The second-order valence-corrected chi connectivity index (χ2v) is 7.65. The minimum absolute atomic E-state index is 0.0142. The summed E-state index contributed by atoms with van der Waals surface area (Å²) in [5.74, 6) is -0.446. The maximum absolute atomic E-state index is 12.0. The predicted octanol–water partition coefficient (Wildman–Crippen LogP) is 3.20. The van der Waals surface area contributed by atoms with Crippen molar-refractivity contribution >= 4 is 48.8 Å². The van der Waals surface area contributed by atoms with Gasteiger partial charge in [0.25, 0.3) is 15.0 Å². The highest BCUT2D eigenvalue weighted by Gasteiger charge is 2.25. The number of hydrogen-bond acceptors (Lipinski definition) is 3. The van der Waals surface area contributed by atoms with Crippen LogP contribution >= 0.6 is 33.9 Å². The molecule has 0 bridgehead atoms. The molecule has 1 N–H and O–H groups in total. The first-order valence-electron chi connectivity index (χ1n) is 5.53. The van der Waals surface area contributed by atoms with E-state index in [0.29, 0.717) is 0 Å². The van der Waals surface area contributed by atoms with E-state index < -0.39 is 15.0 Å². The lowest BCUT2D eigenvalue weighted by Crippen LogP contribution is -2.39. The maximum atomic E-state index is 12.0. The van der Waals surface area contributed by atoms with E-state index in [4.69, 9.17) is 33.9 Å². The Morgan fingerprint density at radius 3 is 2.37 bits per heavy atom. The van der Waals surface area contributed by atoms with Crippen molar-refractivity contribution in [3.63, 3.8) is 0 Å². The summed E-state index contributed by atoms with van der Waals surface area (Å²) in [6.45, 7) is 0. The van der Waals surface area contributed by atoms with Crippen molar-refractivity contribution in [2.45, 2.75) is 30.2 Å². The third kappa shape index (κ3) is 3.34. The number of halogens is 3. The van der Waals surface area contributed by atoms with Gasteiger partial charge in [-0.15, -0.1) is 0 Å². The average molecular weight is 343 g/mol. The molecule has 1 saturated carbocycles. The average Bonchev–Trinajstić information content (AvgIpc) is 2.24. The summed E-state index contributed by atoms with van der Waals surface area (Å²) in [6, 6.07) is 2.55. The normalized spacial score (nSPS) is 15.9. The summed E-state index contributed by atoms with van der Waals surface area (Å²) in [5, 5.41) is 2.63. The van der Waals surface area contributed by atoms with Crippen LogP contribution in [0, 0.1) is 0 Å². The first kappa shape index (κ1) is 14.9. The fraction of sp³-hybridized carbons (Fsp3) is 0.364. The van der Waals surface area contributed by atoms with Crippen LogP contribution in [-0.2, 0) is 9.05 Å². The van der Waals surface area contributed by atoms with E-state index in [1.807, 2.05) is 0 Å². The van der Waals surface area contributed by atoms with Gasteiger partial charge in [0, 0.05) is 21.7 Å². The van der Waals surface area contributed by atoms with E-state index in [9.17, 15) is 13.2 Å². The zero-order valence-corrected chi connectivity index (χ0v) is 12.7. The van der Waals surface area contributed by atoms with Gasteiger partial charge in [0.2, 0.25) is 0 Å². The summed E-state index contributed by atoms with van der Waals surface area (Å²) in [7, 11) is 1.20. The molecule has 1 aliphatic rings. The zero-order valence-electron chi connectivity index (χ0n) is 9.62. The Morgan fingerprint density at radius 2 is 1.89 bits per heavy atom. The van der Waals surface area contributed by atoms with Gasteiger partial charge >= 0.3 is 0 Å². The second kappa shape index (κ2) is 5.48. The summed E-state index contributed by atoms with van der Waals surface area (Å²) < 4.78 is 22.7. The Kier molecular flexibility index (Phi) is 4.30. The van der Waals surface area contributed by atoms with Gasteiger partial charge in [0.15, 0.2) is 0 Å². The summed E-state index contributed by atoms with van der Waals surface area (Å²) >= 11 is 11.7. The Balaban J connectivity index is 2.39. The summed E-state index contributed by atoms with van der Waals surface area (Å²) in [5.41, 5.74) is 0.0142. The lowest BCUT2D eigenvalue weighted by molar-refractivity contribution is 0.0917. The molecular weight excluding hydrogens is 333 g/mol. The standard InChI is InChI=1S/C11H10Cl3NO3S/c12-6-4-8(11(16)15-7-2-1-3-7)10(13)9(5-6)19(14,17)18/h4-5,7H,1-3H2,(H,15,16). The minimum atomic E-state index is -4.06. The number of hydrogen-bond donors (Lipinski definition) is 1. The molecule has 19 heavy (non-hydrogen) atoms. The van der Waals surface area contributed by atoms with Gasteiger partial charge < -0.3 is 5.32 Å². The zero-order chi connectivity index (χ0) is 14.2. The van der Waals surface area contributed by atoms with Gasteiger partial charge in [-0.05, 0) is 31.4 Å². The Bertz CT molecular complexity index is 626. The third-order valence-electron chi connectivity index (χ3n) is 2.95. The molecule has 2 rings (SSSR count). The first-order chi connectivity index (χ1) is 8.79. The molecule has 8 heteroatoms. The van der Waals surface area contributed by atoms with Crippen LogP contribution in [0.3, 0.4) is 0 Å². The fourth-order valence-corrected chi connectivity index (χ4v) is 3.58. The van der Waals surface area contributed by atoms with Crippen molar-refractivity contribution in [2.75, 3.05) is 0 Å². The molecule has 1 amide bonds. The highest BCUT2D eigenvalue weighted by molar-refractivity contribution is 8.13. The van der Waals surface area contributed by atoms with Crippen molar-refractivity contribution in [1.29, 1.82) is 0 Å². The van der Waals surface area contributed by atoms with E-state index in [1.54, 1.807) is 0 Å². The minimum Gasteiger partial charge on any atom is -0.349 e. The molecule has 104 valence electrons. The van der Waals surface area contributed by atoms with Gasteiger partial charge in [-0.25, -0.2) is 8.42 Å². The molecule has 0 heterocycles. The molecular formula is C11H10Cl3NO3S. The lowest BCUT2D eigenvalue weighted by atomic mass is 9.93. The van der Waals surface area contributed by atoms with Crippen LogP contribution in [0.15, 0.2) is 17.0 Å². The van der Waals surface area contributed by atoms with Crippen LogP contribution in [0.25, 0.3) is 0 Å². The van der Waals surface area contributed by atoms with E-state index in [2.05, 4.69) is 5.32 Å². The SMILES string of the molecule is O=C(NC1CCC1)c1cc(Cl)cc(S(=O)(=O)Cl)c1Cl. The van der Waals surface area contributed by atoms with Crippen LogP contribution in [0.4, 0.5) is 0 Å². The van der Waals surface area contributed by atoms with Crippen LogP contribution in [-0.4, -0.2) is 20.4 Å². The largest absolute Gasteiger partial charge is 0.349 e. The topological polar surface area (TPSA) is 63.2 Å². The summed E-state index contributed by atoms with van der Waals surface area (Å²) in [6.07, 6.45) is 2.88. The van der Waals surface area contributed by atoms with E-state index >= 15 is 0 Å². The predicted molar refractivity (Wildman–Crippen MR) is 74.6 cm³/mol. The van der Waals surface area contributed by atoms with Crippen LogP contribution < -0.4 is 5.32 Å². The molecule has 0 unspecified atom stereocenters. The molecule has 0 spiro atoms. The molecule has 1 aliphatic carbocycles. The molecule has 1 fully saturated rings. The number of carbonyl (C=O) groups is 1. The smallest absolute Gasteiger partial charge is 0.262 e. The molecule has 0 aliphatic heterocycles. The lowest BCUT2D eigenvalue weighted by Gasteiger charge is -2.26. The Hall–Kier alpha value is -0.490. The van der Waals surface area contributed by atoms with Crippen molar-refractivity contribution in [1.82, 2.24) is 5.32 Å². The van der Waals surface area contributed by atoms with E-state index in [-0.39, 0.29) is 26.5 Å². The summed E-state index contributed by atoms with van der Waals surface area (Å²) in [4.78, 5) is 11.6. The number of rotatable bonds is 3. The molecule has 1 aromatic carbocycles. The van der Waals surface area contributed by atoms with Gasteiger partial charge in [0.1, 0.15) is 4.90 Å². The van der Waals surface area contributed by atoms with Crippen LogP contribution in [0.5, 0.6) is 0 Å². The van der Waals surface area contributed by atoms with Gasteiger partial charge in [-0.1, -0.05) is 23.2 Å². The number of benzene rings is 1. The monoisotopic (exact) mass is 341 g/mol. The Morgan fingerprint density at radius 1 is 1.26 bits per heavy atom. The number of amides is 1. The second-order valence-electron chi connectivity index (χ2n) is 4.30. The van der Waals surface area contributed by atoms with Gasteiger partial charge in [-0.2, -0.15) is 0 Å². The molecule has 0 aromatic heterocycles. The van der Waals surface area contributed by atoms with E-state index in [0.717, 1.165) is 25.3 Å². The molecule has 1 aromatic rings. The quantitative estimate of drug-likeness (QED) is 0.858. The van der Waals surface area contributed by atoms with Crippen molar-refractivity contribution < 1.29 is 13.2 Å². The maximum Gasteiger partial charge on any atom is 0.262 e. The number of carbonyl (C=O) groups excluding carboxylic acids is 1. The Labute approximate surface area is 125 Å². The molecule has 4 nitrogen and oxygen atoms in total. The highest BCUT2D eigenvalue weighted by Crippen LogP contribution is 2.32. The first-order valence-corrected chi connectivity index (χ1v) is 8.60. The molecule has 0 atom stereocenters. The van der Waals surface area contributed by atoms with Crippen LogP contribution in [0.2, 0.25) is 10.0 Å². The van der Waals surface area contributed by atoms with E-state index in [1.165, 1.54) is 6.07 Å². The van der Waals surface area contributed by atoms with Crippen molar-refractivity contribution in [3.05, 3.63) is 27.7 Å². The van der Waals surface area contributed by atoms with Crippen molar-refractivity contribution in [3.8, 4) is 0 Å². The molecule has 0 radical (unpaired) electrons. The van der Waals surface area contributed by atoms with Crippen molar-refractivity contribution in [2.24, 2.45) is 0 Å². The van der Waals surface area contributed by atoms with Gasteiger partial charge in [0.05, 0.1) is 10.6 Å². The number of nitrogens with one attached hydrogen (secondary N) is 1. The fourth-order valence-electron chi connectivity index (χ4n) is 1.72. The highest BCUT2D eigenvalue weighted by atomic mass is 35.7. The van der Waals surface area contributed by atoms with Gasteiger partial charge in [-0.3, -0.25) is 4.79 Å². The molecule has 0 saturated heterocycles. The third-order valence-corrected chi connectivity index (χ3v) is 5.04.